The summed E-state index contributed by atoms with van der Waals surface area (Å²) < 4.78 is 10.8. The molecule has 3 aromatic rings. The molecule has 29 heavy (non-hydrogen) atoms. The number of rotatable bonds is 4. The summed E-state index contributed by atoms with van der Waals surface area (Å²) in [7, 11) is 1.54. The van der Waals surface area contributed by atoms with Gasteiger partial charge >= 0.3 is 0 Å². The van der Waals surface area contributed by atoms with Gasteiger partial charge in [-0.1, -0.05) is 24.3 Å². The third kappa shape index (κ3) is 2.70. The lowest BCUT2D eigenvalue weighted by molar-refractivity contribution is -0.126. The first-order chi connectivity index (χ1) is 14.2. The van der Waals surface area contributed by atoms with E-state index in [0.717, 1.165) is 5.69 Å². The van der Waals surface area contributed by atoms with Crippen LogP contribution in [0.2, 0.25) is 0 Å². The van der Waals surface area contributed by atoms with Crippen LogP contribution in [0.5, 0.6) is 5.75 Å². The summed E-state index contributed by atoms with van der Waals surface area (Å²) in [4.78, 5) is 33.8. The molecule has 0 radical (unpaired) electrons. The van der Waals surface area contributed by atoms with Crippen LogP contribution in [0, 0.1) is 5.92 Å². The standard InChI is InChI=1S/C22H18N2O5/c1-27-16-10-5-9-15(13-16)23-21(25)18-19(17-11-6-12-28-17)24(29-20(18)22(23)26)14-7-3-2-4-8-14/h2-13,18-20H,1H3/t18-,19+,20-/m1/s1. The number of fused-ring (bicyclic) bond motifs is 1. The molecule has 146 valence electrons. The van der Waals surface area contributed by atoms with Crippen molar-refractivity contribution in [1.29, 1.82) is 0 Å². The zero-order valence-corrected chi connectivity index (χ0v) is 15.6. The molecule has 5 rings (SSSR count). The van der Waals surface area contributed by atoms with Gasteiger partial charge in [0.25, 0.3) is 5.91 Å². The van der Waals surface area contributed by atoms with E-state index in [1.807, 2.05) is 30.3 Å². The first kappa shape index (κ1) is 17.5. The summed E-state index contributed by atoms with van der Waals surface area (Å²) in [6, 6.07) is 19.2. The van der Waals surface area contributed by atoms with Crippen molar-refractivity contribution in [1.82, 2.24) is 0 Å². The van der Waals surface area contributed by atoms with Gasteiger partial charge in [0.1, 0.15) is 23.5 Å². The molecular weight excluding hydrogens is 372 g/mol. The van der Waals surface area contributed by atoms with E-state index in [1.54, 1.807) is 47.7 Å². The topological polar surface area (TPSA) is 72.2 Å². The van der Waals surface area contributed by atoms with E-state index in [1.165, 1.54) is 12.0 Å². The number of ether oxygens (including phenoxy) is 1. The summed E-state index contributed by atoms with van der Waals surface area (Å²) in [6.45, 7) is 0. The number of para-hydroxylation sites is 1. The number of hydroxylamine groups is 1. The highest BCUT2D eigenvalue weighted by molar-refractivity contribution is 6.24. The van der Waals surface area contributed by atoms with E-state index in [2.05, 4.69) is 0 Å². The molecule has 0 aliphatic carbocycles. The third-order valence-electron chi connectivity index (χ3n) is 5.27. The smallest absolute Gasteiger partial charge is 0.266 e. The second-order valence-electron chi connectivity index (χ2n) is 6.89. The minimum atomic E-state index is -0.927. The number of carbonyl (C=O) groups is 2. The number of carbonyl (C=O) groups excluding carboxylic acids is 2. The molecule has 0 N–H and O–H groups in total. The summed E-state index contributed by atoms with van der Waals surface area (Å²) >= 11 is 0. The molecule has 0 unspecified atom stereocenters. The number of nitrogens with zero attached hydrogens (tertiary/aromatic N) is 2. The molecule has 2 aromatic carbocycles. The number of hydrogen-bond donors (Lipinski definition) is 0. The summed E-state index contributed by atoms with van der Waals surface area (Å²) in [6.07, 6.45) is 0.622. The fourth-order valence-corrected chi connectivity index (χ4v) is 3.97. The normalized spacial score (nSPS) is 23.6. The van der Waals surface area contributed by atoms with Gasteiger partial charge in [-0.2, -0.15) is 0 Å². The lowest BCUT2D eigenvalue weighted by Crippen LogP contribution is -2.37. The predicted octanol–water partition coefficient (Wildman–Crippen LogP) is 3.34. The van der Waals surface area contributed by atoms with Gasteiger partial charge in [-0.3, -0.25) is 14.4 Å². The Hall–Kier alpha value is -3.58. The molecule has 2 amide bonds. The SMILES string of the molecule is COc1cccc(N2C(=O)[C@H]3[C@@H](ON(c4ccccc4)[C@H]3c3ccco3)C2=O)c1. The first-order valence-electron chi connectivity index (χ1n) is 9.25. The highest BCUT2D eigenvalue weighted by Gasteiger charge is 2.61. The Morgan fingerprint density at radius 2 is 1.69 bits per heavy atom. The minimum absolute atomic E-state index is 0.326. The molecule has 2 saturated heterocycles. The number of hydrogen-bond acceptors (Lipinski definition) is 6. The lowest BCUT2D eigenvalue weighted by Gasteiger charge is -2.27. The van der Waals surface area contributed by atoms with Gasteiger partial charge in [0.2, 0.25) is 5.91 Å². The van der Waals surface area contributed by atoms with Gasteiger partial charge in [0, 0.05) is 6.07 Å². The van der Waals surface area contributed by atoms with Crippen molar-refractivity contribution in [3.05, 3.63) is 78.8 Å². The number of benzene rings is 2. The second-order valence-corrected chi connectivity index (χ2v) is 6.89. The third-order valence-corrected chi connectivity index (χ3v) is 5.27. The molecule has 7 heteroatoms. The number of furan rings is 1. The van der Waals surface area contributed by atoms with Gasteiger partial charge in [0.15, 0.2) is 6.10 Å². The van der Waals surface area contributed by atoms with Crippen molar-refractivity contribution < 1.29 is 23.6 Å². The second kappa shape index (κ2) is 6.79. The Balaban J connectivity index is 1.56. The molecule has 0 saturated carbocycles. The number of anilines is 2. The molecule has 7 nitrogen and oxygen atoms in total. The molecule has 0 spiro atoms. The lowest BCUT2D eigenvalue weighted by atomic mass is 9.94. The number of methoxy groups -OCH3 is 1. The van der Waals surface area contributed by atoms with E-state index in [9.17, 15) is 9.59 Å². The van der Waals surface area contributed by atoms with Crippen LogP contribution in [0.1, 0.15) is 11.8 Å². The van der Waals surface area contributed by atoms with Crippen LogP contribution in [0.25, 0.3) is 0 Å². The Morgan fingerprint density at radius 1 is 0.897 bits per heavy atom. The molecule has 2 fully saturated rings. The van der Waals surface area contributed by atoms with Crippen LogP contribution < -0.4 is 14.7 Å². The van der Waals surface area contributed by atoms with Crippen molar-refractivity contribution in [3.8, 4) is 5.75 Å². The maximum atomic E-state index is 13.4. The zero-order valence-electron chi connectivity index (χ0n) is 15.6. The molecule has 2 aliphatic heterocycles. The van der Waals surface area contributed by atoms with Crippen LogP contribution in [-0.2, 0) is 14.4 Å². The van der Waals surface area contributed by atoms with Crippen molar-refractivity contribution >= 4 is 23.2 Å². The van der Waals surface area contributed by atoms with Crippen molar-refractivity contribution in [3.63, 3.8) is 0 Å². The van der Waals surface area contributed by atoms with E-state index < -0.39 is 24.0 Å². The van der Waals surface area contributed by atoms with E-state index >= 15 is 0 Å². The molecular formula is C22H18N2O5. The van der Waals surface area contributed by atoms with Crippen molar-refractivity contribution in [2.24, 2.45) is 5.92 Å². The fourth-order valence-electron chi connectivity index (χ4n) is 3.97. The highest BCUT2D eigenvalue weighted by Crippen LogP contribution is 2.47. The maximum absolute atomic E-state index is 13.4. The van der Waals surface area contributed by atoms with Gasteiger partial charge < -0.3 is 9.15 Å². The summed E-state index contributed by atoms with van der Waals surface area (Å²) in [5.74, 6) is -0.319. The molecule has 0 bridgehead atoms. The summed E-state index contributed by atoms with van der Waals surface area (Å²) in [5, 5.41) is 1.60. The minimum Gasteiger partial charge on any atom is -0.497 e. The monoisotopic (exact) mass is 390 g/mol. The van der Waals surface area contributed by atoms with Gasteiger partial charge in [-0.15, -0.1) is 0 Å². The van der Waals surface area contributed by atoms with E-state index in [4.69, 9.17) is 14.0 Å². The van der Waals surface area contributed by atoms with E-state index in [-0.39, 0.29) is 5.91 Å². The maximum Gasteiger partial charge on any atom is 0.266 e. The predicted molar refractivity (Wildman–Crippen MR) is 104 cm³/mol. The molecule has 3 atom stereocenters. The average Bonchev–Trinajstić information content (AvgIpc) is 3.46. The quantitative estimate of drug-likeness (QED) is 0.637. The Morgan fingerprint density at radius 3 is 2.41 bits per heavy atom. The average molecular weight is 390 g/mol. The Kier molecular flexibility index (Phi) is 4.10. The van der Waals surface area contributed by atoms with Gasteiger partial charge in [-0.25, -0.2) is 9.96 Å². The number of imide groups is 1. The van der Waals surface area contributed by atoms with Gasteiger partial charge in [0.05, 0.1) is 24.7 Å². The molecule has 1 aromatic heterocycles. The van der Waals surface area contributed by atoms with Crippen LogP contribution in [0.4, 0.5) is 11.4 Å². The van der Waals surface area contributed by atoms with Gasteiger partial charge in [-0.05, 0) is 36.4 Å². The molecule has 3 heterocycles. The first-order valence-corrected chi connectivity index (χ1v) is 9.25. The van der Waals surface area contributed by atoms with Crippen LogP contribution in [-0.4, -0.2) is 25.0 Å². The van der Waals surface area contributed by atoms with Crippen LogP contribution in [0.3, 0.4) is 0 Å². The van der Waals surface area contributed by atoms with Crippen molar-refractivity contribution in [2.45, 2.75) is 12.1 Å². The number of amides is 2. The molecule has 2 aliphatic rings. The fraction of sp³-hybridized carbons (Fsp3) is 0.182. The summed E-state index contributed by atoms with van der Waals surface area (Å²) in [5.41, 5.74) is 1.21. The Bertz CT molecular complexity index is 1050. The Labute approximate surface area is 167 Å². The zero-order chi connectivity index (χ0) is 20.0. The van der Waals surface area contributed by atoms with Crippen LogP contribution in [0.15, 0.2) is 77.4 Å². The van der Waals surface area contributed by atoms with Crippen molar-refractivity contribution in [2.75, 3.05) is 17.1 Å². The van der Waals surface area contributed by atoms with Crippen LogP contribution >= 0.6 is 0 Å². The largest absolute Gasteiger partial charge is 0.497 e. The van der Waals surface area contributed by atoms with E-state index in [0.29, 0.717) is 17.2 Å². The highest BCUT2D eigenvalue weighted by atomic mass is 16.7.